The molecule has 1 fully saturated rings. The summed E-state index contributed by atoms with van der Waals surface area (Å²) in [6, 6.07) is 12.9. The van der Waals surface area contributed by atoms with E-state index in [-0.39, 0.29) is 11.7 Å². The Morgan fingerprint density at radius 3 is 2.74 bits per heavy atom. The Labute approximate surface area is 185 Å². The van der Waals surface area contributed by atoms with Crippen molar-refractivity contribution in [3.63, 3.8) is 0 Å². The van der Waals surface area contributed by atoms with Crippen LogP contribution >= 0.6 is 11.3 Å². The summed E-state index contributed by atoms with van der Waals surface area (Å²) in [7, 11) is 2.03. The van der Waals surface area contributed by atoms with Crippen LogP contribution in [0.5, 0.6) is 0 Å². The summed E-state index contributed by atoms with van der Waals surface area (Å²) in [5.74, 6) is 1.29. The summed E-state index contributed by atoms with van der Waals surface area (Å²) in [5, 5.41) is 13.3. The number of anilines is 1. The molecule has 0 spiro atoms. The normalized spacial score (nSPS) is 15.5. The van der Waals surface area contributed by atoms with Crippen LogP contribution in [0.15, 0.2) is 47.8 Å². The first-order valence-corrected chi connectivity index (χ1v) is 11.1. The van der Waals surface area contributed by atoms with E-state index in [2.05, 4.69) is 32.3 Å². The molecule has 1 aliphatic heterocycles. The van der Waals surface area contributed by atoms with E-state index < -0.39 is 4.92 Å². The standard InChI is InChI=1S/C22H25N5O3S/c1-16-13-21(24-22(23-16)17-5-3-6-18(14-17)27(28)29)25(2)15-19(20-7-4-12-31-20)26-8-10-30-11-9-26/h3-7,12-14,19H,8-11,15H2,1-2H3. The van der Waals surface area contributed by atoms with Crippen LogP contribution in [0.1, 0.15) is 16.6 Å². The lowest BCUT2D eigenvalue weighted by atomic mass is 10.1. The fourth-order valence-electron chi connectivity index (χ4n) is 3.74. The van der Waals surface area contributed by atoms with Gasteiger partial charge in [0.15, 0.2) is 5.82 Å². The number of non-ortho nitro benzene ring substituents is 1. The van der Waals surface area contributed by atoms with Gasteiger partial charge in [0.05, 0.1) is 24.2 Å². The molecular weight excluding hydrogens is 414 g/mol. The van der Waals surface area contributed by atoms with Gasteiger partial charge in [-0.05, 0) is 18.4 Å². The number of thiophene rings is 1. The summed E-state index contributed by atoms with van der Waals surface area (Å²) >= 11 is 1.76. The molecule has 3 aromatic rings. The van der Waals surface area contributed by atoms with Gasteiger partial charge in [0.25, 0.3) is 5.69 Å². The number of rotatable bonds is 7. The summed E-state index contributed by atoms with van der Waals surface area (Å²) in [6.07, 6.45) is 0. The third-order valence-electron chi connectivity index (χ3n) is 5.35. The van der Waals surface area contributed by atoms with Crippen molar-refractivity contribution in [2.45, 2.75) is 13.0 Å². The Morgan fingerprint density at radius 2 is 2.03 bits per heavy atom. The summed E-state index contributed by atoms with van der Waals surface area (Å²) in [4.78, 5) is 25.9. The number of hydrogen-bond donors (Lipinski definition) is 0. The molecule has 1 saturated heterocycles. The van der Waals surface area contributed by atoms with E-state index in [0.29, 0.717) is 11.4 Å². The average Bonchev–Trinajstić information content (AvgIpc) is 3.32. The predicted molar refractivity (Wildman–Crippen MR) is 122 cm³/mol. The second kappa shape index (κ2) is 9.51. The van der Waals surface area contributed by atoms with Crippen molar-refractivity contribution in [3.05, 3.63) is 68.5 Å². The van der Waals surface area contributed by atoms with Crippen molar-refractivity contribution >= 4 is 22.8 Å². The van der Waals surface area contributed by atoms with E-state index in [4.69, 9.17) is 9.72 Å². The molecule has 1 atom stereocenters. The number of ether oxygens (including phenoxy) is 1. The molecule has 3 heterocycles. The van der Waals surface area contributed by atoms with Gasteiger partial charge in [-0.25, -0.2) is 9.97 Å². The van der Waals surface area contributed by atoms with Gasteiger partial charge in [0.2, 0.25) is 0 Å². The number of nitro groups is 1. The third-order valence-corrected chi connectivity index (χ3v) is 6.33. The van der Waals surface area contributed by atoms with Crippen molar-refractivity contribution in [3.8, 4) is 11.4 Å². The molecule has 0 saturated carbocycles. The van der Waals surface area contributed by atoms with E-state index >= 15 is 0 Å². The van der Waals surface area contributed by atoms with Crippen LogP contribution in [0, 0.1) is 17.0 Å². The minimum absolute atomic E-state index is 0.0302. The van der Waals surface area contributed by atoms with Crippen LogP contribution in [0.2, 0.25) is 0 Å². The van der Waals surface area contributed by atoms with Gasteiger partial charge in [-0.15, -0.1) is 11.3 Å². The molecule has 0 amide bonds. The number of nitrogens with zero attached hydrogens (tertiary/aromatic N) is 5. The van der Waals surface area contributed by atoms with Crippen molar-refractivity contribution in [1.82, 2.24) is 14.9 Å². The molecule has 31 heavy (non-hydrogen) atoms. The summed E-state index contributed by atoms with van der Waals surface area (Å²) in [6.45, 7) is 5.98. The van der Waals surface area contributed by atoms with Gasteiger partial charge < -0.3 is 9.64 Å². The molecular formula is C22H25N5O3S. The highest BCUT2D eigenvalue weighted by Gasteiger charge is 2.25. The van der Waals surface area contributed by atoms with Crippen LogP contribution in [0.4, 0.5) is 11.5 Å². The number of morpholine rings is 1. The number of hydrogen-bond acceptors (Lipinski definition) is 8. The molecule has 1 aromatic carbocycles. The Hall–Kier alpha value is -2.88. The summed E-state index contributed by atoms with van der Waals surface area (Å²) in [5.41, 5.74) is 1.48. The van der Waals surface area contributed by atoms with Crippen molar-refractivity contribution in [2.24, 2.45) is 0 Å². The highest BCUT2D eigenvalue weighted by atomic mass is 32.1. The molecule has 2 aromatic heterocycles. The van der Waals surface area contributed by atoms with Gasteiger partial charge in [0, 0.05) is 61.0 Å². The first-order valence-electron chi connectivity index (χ1n) is 10.2. The van der Waals surface area contributed by atoms with Crippen LogP contribution in [0.3, 0.4) is 0 Å². The fourth-order valence-corrected chi connectivity index (χ4v) is 4.60. The molecule has 4 rings (SSSR count). The maximum Gasteiger partial charge on any atom is 0.270 e. The van der Waals surface area contributed by atoms with Crippen molar-refractivity contribution < 1.29 is 9.66 Å². The molecule has 0 bridgehead atoms. The highest BCUT2D eigenvalue weighted by molar-refractivity contribution is 7.10. The lowest BCUT2D eigenvalue weighted by molar-refractivity contribution is -0.384. The largest absolute Gasteiger partial charge is 0.379 e. The minimum Gasteiger partial charge on any atom is -0.379 e. The first kappa shape index (κ1) is 21.4. The molecule has 1 unspecified atom stereocenters. The van der Waals surface area contributed by atoms with Gasteiger partial charge in [-0.1, -0.05) is 18.2 Å². The maximum absolute atomic E-state index is 11.2. The number of nitro benzene ring substituents is 1. The fraction of sp³-hybridized carbons (Fsp3) is 0.364. The molecule has 1 aliphatic rings. The zero-order valence-electron chi connectivity index (χ0n) is 17.6. The molecule has 8 nitrogen and oxygen atoms in total. The minimum atomic E-state index is -0.402. The number of aryl methyl sites for hydroxylation is 1. The topological polar surface area (TPSA) is 84.6 Å². The van der Waals surface area contributed by atoms with E-state index in [1.165, 1.54) is 17.0 Å². The Balaban J connectivity index is 1.61. The maximum atomic E-state index is 11.2. The Bertz CT molecular complexity index is 1040. The van der Waals surface area contributed by atoms with Crippen LogP contribution in [0.25, 0.3) is 11.4 Å². The molecule has 0 aliphatic carbocycles. The monoisotopic (exact) mass is 439 g/mol. The first-order chi connectivity index (χ1) is 15.0. The van der Waals surface area contributed by atoms with Crippen LogP contribution < -0.4 is 4.90 Å². The predicted octanol–water partition coefficient (Wildman–Crippen LogP) is 3.93. The molecule has 162 valence electrons. The third kappa shape index (κ3) is 5.07. The van der Waals surface area contributed by atoms with Crippen molar-refractivity contribution in [2.75, 3.05) is 44.8 Å². The molecule has 0 radical (unpaired) electrons. The zero-order valence-corrected chi connectivity index (χ0v) is 18.4. The zero-order chi connectivity index (χ0) is 21.8. The van der Waals surface area contributed by atoms with Gasteiger partial charge in [0.1, 0.15) is 5.82 Å². The van der Waals surface area contributed by atoms with Gasteiger partial charge >= 0.3 is 0 Å². The Kier molecular flexibility index (Phi) is 6.55. The van der Waals surface area contributed by atoms with E-state index in [1.807, 2.05) is 20.0 Å². The number of likely N-dealkylation sites (N-methyl/N-ethyl adjacent to an activating group) is 1. The SMILES string of the molecule is Cc1cc(N(C)CC(c2cccs2)N2CCOCC2)nc(-c2cccc([N+](=O)[O-])c2)n1. The lowest BCUT2D eigenvalue weighted by Crippen LogP contribution is -2.43. The van der Waals surface area contributed by atoms with Crippen LogP contribution in [-0.4, -0.2) is 59.7 Å². The smallest absolute Gasteiger partial charge is 0.270 e. The Morgan fingerprint density at radius 1 is 1.23 bits per heavy atom. The van der Waals surface area contributed by atoms with E-state index in [9.17, 15) is 10.1 Å². The average molecular weight is 440 g/mol. The quantitative estimate of drug-likeness (QED) is 0.407. The van der Waals surface area contributed by atoms with Gasteiger partial charge in [-0.2, -0.15) is 0 Å². The van der Waals surface area contributed by atoms with Gasteiger partial charge in [-0.3, -0.25) is 15.0 Å². The second-order valence-corrected chi connectivity index (χ2v) is 8.54. The lowest BCUT2D eigenvalue weighted by Gasteiger charge is -2.36. The summed E-state index contributed by atoms with van der Waals surface area (Å²) < 4.78 is 5.54. The highest BCUT2D eigenvalue weighted by Crippen LogP contribution is 2.29. The van der Waals surface area contributed by atoms with E-state index in [0.717, 1.165) is 44.4 Å². The van der Waals surface area contributed by atoms with E-state index in [1.54, 1.807) is 23.5 Å². The van der Waals surface area contributed by atoms with Crippen LogP contribution in [-0.2, 0) is 4.74 Å². The molecule has 0 N–H and O–H groups in total. The number of benzene rings is 1. The van der Waals surface area contributed by atoms with Crippen molar-refractivity contribution in [1.29, 1.82) is 0 Å². The second-order valence-electron chi connectivity index (χ2n) is 7.56. The number of aromatic nitrogens is 2. The molecule has 9 heteroatoms.